The first-order chi connectivity index (χ1) is 8.25. The Morgan fingerprint density at radius 2 is 1.76 bits per heavy atom. The Morgan fingerprint density at radius 3 is 2.47 bits per heavy atom. The molecule has 2 nitrogen and oxygen atoms in total. The third kappa shape index (κ3) is 2.96. The Bertz CT molecular complexity index is 591. The molecule has 82 valence electrons. The Labute approximate surface area is 100 Å². The van der Waals surface area contributed by atoms with E-state index >= 15 is 0 Å². The quantitative estimate of drug-likeness (QED) is 0.457. The largest absolute Gasteiger partial charge is 0.399 e. The molecule has 0 unspecified atom stereocenters. The van der Waals surface area contributed by atoms with Gasteiger partial charge in [-0.1, -0.05) is 36.3 Å². The van der Waals surface area contributed by atoms with E-state index in [1.165, 1.54) is 0 Å². The molecule has 2 aromatic carbocycles. The molecule has 0 aliphatic carbocycles. The Balaban J connectivity index is 2.21. The molecular formula is C15H11NO. The van der Waals surface area contributed by atoms with Crippen molar-refractivity contribution >= 4 is 11.5 Å². The van der Waals surface area contributed by atoms with Gasteiger partial charge in [0.05, 0.1) is 0 Å². The minimum Gasteiger partial charge on any atom is -0.399 e. The van der Waals surface area contributed by atoms with Crippen LogP contribution in [0.15, 0.2) is 54.6 Å². The number of carbonyl (C=O) groups is 1. The van der Waals surface area contributed by atoms with Crippen LogP contribution in [0.25, 0.3) is 0 Å². The van der Waals surface area contributed by atoms with Crippen LogP contribution in [0.3, 0.4) is 0 Å². The number of anilines is 1. The molecule has 2 N–H and O–H groups in total. The molecule has 0 fully saturated rings. The summed E-state index contributed by atoms with van der Waals surface area (Å²) in [6.07, 6.45) is 0. The number of nitrogens with two attached hydrogens (primary N) is 1. The van der Waals surface area contributed by atoms with Crippen LogP contribution in [0.4, 0.5) is 5.69 Å². The standard InChI is InChI=1S/C15H11NO/c16-14-8-4-7-13(11-14)15(17)10-9-12-5-2-1-3-6-12/h1-8,11H,16H2. The van der Waals surface area contributed by atoms with Gasteiger partial charge in [-0.05, 0) is 30.2 Å². The molecule has 0 aromatic heterocycles. The molecule has 0 aliphatic heterocycles. The fourth-order valence-corrected chi connectivity index (χ4v) is 1.40. The van der Waals surface area contributed by atoms with Gasteiger partial charge < -0.3 is 5.73 Å². The lowest BCUT2D eigenvalue weighted by molar-refractivity contribution is 0.105. The van der Waals surface area contributed by atoms with Crippen molar-refractivity contribution in [1.29, 1.82) is 0 Å². The Hall–Kier alpha value is -2.53. The number of Topliss-reactive ketones (excluding diaryl/α,β-unsaturated/α-hetero) is 1. The Morgan fingerprint density at radius 1 is 1.00 bits per heavy atom. The summed E-state index contributed by atoms with van der Waals surface area (Å²) >= 11 is 0. The number of hydrogen-bond acceptors (Lipinski definition) is 2. The number of rotatable bonds is 1. The van der Waals surface area contributed by atoms with Gasteiger partial charge in [-0.25, -0.2) is 0 Å². The van der Waals surface area contributed by atoms with Crippen LogP contribution < -0.4 is 5.73 Å². The summed E-state index contributed by atoms with van der Waals surface area (Å²) in [5, 5.41) is 0. The van der Waals surface area contributed by atoms with Crippen molar-refractivity contribution < 1.29 is 4.79 Å². The SMILES string of the molecule is Nc1cccc(C(=O)C#Cc2ccccc2)c1. The number of ketones is 1. The van der Waals surface area contributed by atoms with Gasteiger partial charge in [-0.15, -0.1) is 0 Å². The van der Waals surface area contributed by atoms with E-state index < -0.39 is 0 Å². The van der Waals surface area contributed by atoms with E-state index in [9.17, 15) is 4.79 Å². The van der Waals surface area contributed by atoms with E-state index in [-0.39, 0.29) is 5.78 Å². The highest BCUT2D eigenvalue weighted by Crippen LogP contribution is 2.06. The number of hydrogen-bond donors (Lipinski definition) is 1. The van der Waals surface area contributed by atoms with Gasteiger partial charge >= 0.3 is 0 Å². The third-order valence-electron chi connectivity index (χ3n) is 2.24. The van der Waals surface area contributed by atoms with Crippen molar-refractivity contribution in [2.75, 3.05) is 5.73 Å². The van der Waals surface area contributed by atoms with Gasteiger partial charge in [-0.2, -0.15) is 0 Å². The second-order valence-corrected chi connectivity index (χ2v) is 3.57. The molecule has 0 saturated carbocycles. The van der Waals surface area contributed by atoms with Crippen molar-refractivity contribution in [3.05, 3.63) is 65.7 Å². The van der Waals surface area contributed by atoms with Gasteiger partial charge in [0.25, 0.3) is 0 Å². The fourth-order valence-electron chi connectivity index (χ4n) is 1.40. The van der Waals surface area contributed by atoms with Crippen LogP contribution in [-0.2, 0) is 0 Å². The molecule has 0 atom stereocenters. The second-order valence-electron chi connectivity index (χ2n) is 3.57. The van der Waals surface area contributed by atoms with Crippen LogP contribution in [-0.4, -0.2) is 5.78 Å². The smallest absolute Gasteiger partial charge is 0.236 e. The lowest BCUT2D eigenvalue weighted by atomic mass is 10.1. The first-order valence-corrected chi connectivity index (χ1v) is 5.22. The molecular weight excluding hydrogens is 210 g/mol. The third-order valence-corrected chi connectivity index (χ3v) is 2.24. The van der Waals surface area contributed by atoms with Crippen LogP contribution in [0.5, 0.6) is 0 Å². The predicted octanol–water partition coefficient (Wildman–Crippen LogP) is 2.50. The summed E-state index contributed by atoms with van der Waals surface area (Å²) in [4.78, 5) is 11.7. The first-order valence-electron chi connectivity index (χ1n) is 5.22. The van der Waals surface area contributed by atoms with E-state index in [1.54, 1.807) is 24.3 Å². The summed E-state index contributed by atoms with van der Waals surface area (Å²) in [7, 11) is 0. The average molecular weight is 221 g/mol. The van der Waals surface area contributed by atoms with Crippen molar-refractivity contribution in [3.8, 4) is 11.8 Å². The molecule has 2 aromatic rings. The molecule has 0 radical (unpaired) electrons. The maximum absolute atomic E-state index is 11.7. The maximum Gasteiger partial charge on any atom is 0.236 e. The predicted molar refractivity (Wildman–Crippen MR) is 68.5 cm³/mol. The van der Waals surface area contributed by atoms with Gasteiger partial charge in [0.2, 0.25) is 5.78 Å². The van der Waals surface area contributed by atoms with Crippen molar-refractivity contribution in [3.63, 3.8) is 0 Å². The van der Waals surface area contributed by atoms with Crippen molar-refractivity contribution in [1.82, 2.24) is 0 Å². The highest BCUT2D eigenvalue weighted by molar-refractivity contribution is 6.09. The van der Waals surface area contributed by atoms with Gasteiger partial charge in [0, 0.05) is 16.8 Å². The first kappa shape index (κ1) is 11.0. The van der Waals surface area contributed by atoms with Gasteiger partial charge in [0.1, 0.15) is 0 Å². The molecule has 0 amide bonds. The zero-order chi connectivity index (χ0) is 12.1. The number of benzene rings is 2. The van der Waals surface area contributed by atoms with Crippen molar-refractivity contribution in [2.45, 2.75) is 0 Å². The molecule has 0 spiro atoms. The molecule has 0 aliphatic rings. The van der Waals surface area contributed by atoms with Crippen molar-refractivity contribution in [2.24, 2.45) is 0 Å². The summed E-state index contributed by atoms with van der Waals surface area (Å²) in [5.41, 5.74) is 7.52. The number of nitrogen functional groups attached to an aromatic ring is 1. The van der Waals surface area contributed by atoms with Crippen LogP contribution in [0, 0.1) is 11.8 Å². The van der Waals surface area contributed by atoms with Crippen LogP contribution >= 0.6 is 0 Å². The molecule has 0 saturated heterocycles. The summed E-state index contributed by atoms with van der Waals surface area (Å²) in [6, 6.07) is 16.2. The lowest BCUT2D eigenvalue weighted by Gasteiger charge is -1.95. The molecule has 2 heteroatoms. The normalized spacial score (nSPS) is 9.18. The topological polar surface area (TPSA) is 43.1 Å². The molecule has 0 bridgehead atoms. The van der Waals surface area contributed by atoms with Crippen LogP contribution in [0.2, 0.25) is 0 Å². The van der Waals surface area contributed by atoms with E-state index in [1.807, 2.05) is 30.3 Å². The zero-order valence-corrected chi connectivity index (χ0v) is 9.18. The van der Waals surface area contributed by atoms with E-state index in [2.05, 4.69) is 11.8 Å². The van der Waals surface area contributed by atoms with Gasteiger partial charge in [0.15, 0.2) is 0 Å². The fraction of sp³-hybridized carbons (Fsp3) is 0. The summed E-state index contributed by atoms with van der Waals surface area (Å²) in [5.74, 6) is 5.20. The Kier molecular flexibility index (Phi) is 3.23. The zero-order valence-electron chi connectivity index (χ0n) is 9.18. The molecule has 17 heavy (non-hydrogen) atoms. The lowest BCUT2D eigenvalue weighted by Crippen LogP contribution is -1.96. The van der Waals surface area contributed by atoms with E-state index in [0.29, 0.717) is 11.3 Å². The van der Waals surface area contributed by atoms with Gasteiger partial charge in [-0.3, -0.25) is 4.79 Å². The van der Waals surface area contributed by atoms with Crippen LogP contribution in [0.1, 0.15) is 15.9 Å². The molecule has 0 heterocycles. The summed E-state index contributed by atoms with van der Waals surface area (Å²) in [6.45, 7) is 0. The minimum absolute atomic E-state index is 0.221. The van der Waals surface area contributed by atoms with E-state index in [0.717, 1.165) is 5.56 Å². The van der Waals surface area contributed by atoms with E-state index in [4.69, 9.17) is 5.73 Å². The monoisotopic (exact) mass is 221 g/mol. The molecule has 2 rings (SSSR count). The summed E-state index contributed by atoms with van der Waals surface area (Å²) < 4.78 is 0. The average Bonchev–Trinajstić information content (AvgIpc) is 2.37. The minimum atomic E-state index is -0.221. The number of carbonyl (C=O) groups excluding carboxylic acids is 1. The second kappa shape index (κ2) is 5.00. The highest BCUT2D eigenvalue weighted by atomic mass is 16.1. The maximum atomic E-state index is 11.7. The highest BCUT2D eigenvalue weighted by Gasteiger charge is 2.01.